The Hall–Kier alpha value is -2.25. The fraction of sp³-hybridized carbons (Fsp3) is 0.421. The van der Waals surface area contributed by atoms with Crippen molar-refractivity contribution < 1.29 is 19.0 Å². The molecule has 1 aliphatic heterocycles. The summed E-state index contributed by atoms with van der Waals surface area (Å²) in [5.41, 5.74) is 1.58. The first-order valence-corrected chi connectivity index (χ1v) is 9.72. The molecule has 6 nitrogen and oxygen atoms in total. The van der Waals surface area contributed by atoms with Gasteiger partial charge in [0.25, 0.3) is 5.91 Å². The average molecular weight is 376 g/mol. The van der Waals surface area contributed by atoms with Crippen LogP contribution in [0.15, 0.2) is 29.6 Å². The van der Waals surface area contributed by atoms with Gasteiger partial charge in [0.05, 0.1) is 42.7 Å². The molecule has 1 aromatic heterocycles. The van der Waals surface area contributed by atoms with Gasteiger partial charge in [0.1, 0.15) is 11.5 Å². The van der Waals surface area contributed by atoms with Crippen molar-refractivity contribution in [1.82, 2.24) is 0 Å². The highest BCUT2D eigenvalue weighted by molar-refractivity contribution is 7.12. The highest BCUT2D eigenvalue weighted by Crippen LogP contribution is 2.39. The van der Waals surface area contributed by atoms with Gasteiger partial charge in [-0.2, -0.15) is 0 Å². The molecule has 7 heteroatoms. The molecule has 0 bridgehead atoms. The molecule has 1 amide bonds. The zero-order valence-corrected chi connectivity index (χ0v) is 15.9. The van der Waals surface area contributed by atoms with Crippen LogP contribution in [0.4, 0.5) is 11.4 Å². The summed E-state index contributed by atoms with van der Waals surface area (Å²) in [6.07, 6.45) is 0. The molecule has 0 radical (unpaired) electrons. The van der Waals surface area contributed by atoms with E-state index in [0.29, 0.717) is 42.7 Å². The molecule has 0 saturated carbocycles. The van der Waals surface area contributed by atoms with Crippen molar-refractivity contribution in [3.63, 3.8) is 0 Å². The van der Waals surface area contributed by atoms with Crippen LogP contribution in [0.3, 0.4) is 0 Å². The molecule has 0 atom stereocenters. The second kappa shape index (κ2) is 8.91. The van der Waals surface area contributed by atoms with Gasteiger partial charge in [0, 0.05) is 25.2 Å². The van der Waals surface area contributed by atoms with Crippen LogP contribution in [-0.2, 0) is 4.74 Å². The summed E-state index contributed by atoms with van der Waals surface area (Å²) >= 11 is 1.40. The number of hydrogen-bond acceptors (Lipinski definition) is 6. The Morgan fingerprint density at radius 3 is 2.58 bits per heavy atom. The molecule has 0 aliphatic carbocycles. The van der Waals surface area contributed by atoms with Gasteiger partial charge in [-0.1, -0.05) is 6.07 Å². The highest BCUT2D eigenvalue weighted by atomic mass is 32.1. The van der Waals surface area contributed by atoms with Crippen molar-refractivity contribution in [3.8, 4) is 11.5 Å². The van der Waals surface area contributed by atoms with Gasteiger partial charge in [0.15, 0.2) is 0 Å². The molecule has 1 aromatic carbocycles. The van der Waals surface area contributed by atoms with E-state index in [4.69, 9.17) is 14.2 Å². The maximum Gasteiger partial charge on any atom is 0.265 e. The minimum Gasteiger partial charge on any atom is -0.492 e. The van der Waals surface area contributed by atoms with Gasteiger partial charge >= 0.3 is 0 Å². The fourth-order valence-corrected chi connectivity index (χ4v) is 3.45. The molecule has 1 aliphatic rings. The van der Waals surface area contributed by atoms with E-state index in [0.717, 1.165) is 24.5 Å². The van der Waals surface area contributed by atoms with Crippen LogP contribution in [-0.4, -0.2) is 45.4 Å². The summed E-state index contributed by atoms with van der Waals surface area (Å²) in [5.74, 6) is 1.23. The van der Waals surface area contributed by atoms with Crippen molar-refractivity contribution in [3.05, 3.63) is 34.5 Å². The van der Waals surface area contributed by atoms with Crippen LogP contribution >= 0.6 is 11.3 Å². The lowest BCUT2D eigenvalue weighted by atomic mass is 10.2. The van der Waals surface area contributed by atoms with Crippen LogP contribution in [0.5, 0.6) is 11.5 Å². The van der Waals surface area contributed by atoms with E-state index in [-0.39, 0.29) is 5.91 Å². The second-order valence-corrected chi connectivity index (χ2v) is 6.66. The molecular weight excluding hydrogens is 352 g/mol. The zero-order chi connectivity index (χ0) is 18.4. The molecule has 26 heavy (non-hydrogen) atoms. The lowest BCUT2D eigenvalue weighted by Gasteiger charge is -2.31. The average Bonchev–Trinajstić information content (AvgIpc) is 3.19. The maximum absolute atomic E-state index is 12.5. The SMILES string of the molecule is CCOc1cc(N2CCOCC2)c(OCC)cc1NC(=O)c1cccs1. The number of nitrogens with one attached hydrogen (secondary N) is 1. The first-order valence-electron chi connectivity index (χ1n) is 8.84. The van der Waals surface area contributed by atoms with Crippen molar-refractivity contribution in [2.24, 2.45) is 0 Å². The summed E-state index contributed by atoms with van der Waals surface area (Å²) in [6.45, 7) is 7.90. The first-order chi connectivity index (χ1) is 12.7. The van der Waals surface area contributed by atoms with Crippen LogP contribution in [0.2, 0.25) is 0 Å². The van der Waals surface area contributed by atoms with E-state index in [1.54, 1.807) is 6.07 Å². The summed E-state index contributed by atoms with van der Waals surface area (Å²) < 4.78 is 17.1. The van der Waals surface area contributed by atoms with Gasteiger partial charge in [0.2, 0.25) is 0 Å². The molecular formula is C19H24N2O4S. The molecule has 1 fully saturated rings. The lowest BCUT2D eigenvalue weighted by molar-refractivity contribution is 0.103. The van der Waals surface area contributed by atoms with Gasteiger partial charge in [-0.15, -0.1) is 11.3 Å². The number of carbonyl (C=O) groups excluding carboxylic acids is 1. The predicted octanol–water partition coefficient (Wildman–Crippen LogP) is 3.63. The number of morpholine rings is 1. The summed E-state index contributed by atoms with van der Waals surface area (Å²) in [5, 5.41) is 4.83. The molecule has 1 N–H and O–H groups in total. The molecule has 0 spiro atoms. The number of rotatable bonds is 7. The first kappa shape index (κ1) is 18.5. The van der Waals surface area contributed by atoms with E-state index in [1.165, 1.54) is 11.3 Å². The van der Waals surface area contributed by atoms with Crippen molar-refractivity contribution >= 4 is 28.6 Å². The quantitative estimate of drug-likeness (QED) is 0.800. The van der Waals surface area contributed by atoms with E-state index in [2.05, 4.69) is 10.2 Å². The van der Waals surface area contributed by atoms with Crippen molar-refractivity contribution in [2.45, 2.75) is 13.8 Å². The number of anilines is 2. The maximum atomic E-state index is 12.5. The molecule has 0 unspecified atom stereocenters. The number of thiophene rings is 1. The highest BCUT2D eigenvalue weighted by Gasteiger charge is 2.20. The Bertz CT molecular complexity index is 727. The summed E-state index contributed by atoms with van der Waals surface area (Å²) in [6, 6.07) is 7.46. The number of hydrogen-bond donors (Lipinski definition) is 1. The normalized spacial score (nSPS) is 14.2. The molecule has 2 aromatic rings. The lowest BCUT2D eigenvalue weighted by Crippen LogP contribution is -2.36. The largest absolute Gasteiger partial charge is 0.492 e. The monoisotopic (exact) mass is 376 g/mol. The number of carbonyl (C=O) groups is 1. The van der Waals surface area contributed by atoms with E-state index in [1.807, 2.05) is 37.4 Å². The third-order valence-electron chi connectivity index (χ3n) is 4.01. The zero-order valence-electron chi connectivity index (χ0n) is 15.1. The van der Waals surface area contributed by atoms with Gasteiger partial charge in [-0.25, -0.2) is 0 Å². The van der Waals surface area contributed by atoms with Gasteiger partial charge in [-0.05, 0) is 25.3 Å². The minimum atomic E-state index is -0.150. The second-order valence-electron chi connectivity index (χ2n) is 5.71. The number of amides is 1. The molecule has 2 heterocycles. The van der Waals surface area contributed by atoms with Gasteiger partial charge < -0.3 is 24.4 Å². The van der Waals surface area contributed by atoms with E-state index >= 15 is 0 Å². The molecule has 140 valence electrons. The van der Waals surface area contributed by atoms with Crippen LogP contribution in [0.1, 0.15) is 23.5 Å². The predicted molar refractivity (Wildman–Crippen MR) is 104 cm³/mol. The summed E-state index contributed by atoms with van der Waals surface area (Å²) in [7, 11) is 0. The Morgan fingerprint density at radius 2 is 1.92 bits per heavy atom. The van der Waals surface area contributed by atoms with Crippen molar-refractivity contribution in [1.29, 1.82) is 0 Å². The molecule has 1 saturated heterocycles. The van der Waals surface area contributed by atoms with Crippen LogP contribution < -0.4 is 19.7 Å². The van der Waals surface area contributed by atoms with Crippen molar-refractivity contribution in [2.75, 3.05) is 49.7 Å². The topological polar surface area (TPSA) is 60.0 Å². The minimum absolute atomic E-state index is 0.150. The van der Waals surface area contributed by atoms with E-state index < -0.39 is 0 Å². The Balaban J connectivity index is 1.94. The molecule has 3 rings (SSSR count). The number of ether oxygens (including phenoxy) is 3. The number of nitrogens with zero attached hydrogens (tertiary/aromatic N) is 1. The Labute approximate surface area is 157 Å². The Morgan fingerprint density at radius 1 is 1.19 bits per heavy atom. The van der Waals surface area contributed by atoms with Crippen LogP contribution in [0, 0.1) is 0 Å². The van der Waals surface area contributed by atoms with Gasteiger partial charge in [-0.3, -0.25) is 4.79 Å². The standard InChI is InChI=1S/C19H24N2O4S/c1-3-24-16-13-15(21-7-9-23-10-8-21)17(25-4-2)12-14(16)20-19(22)18-6-5-11-26-18/h5-6,11-13H,3-4,7-10H2,1-2H3,(H,20,22). The smallest absolute Gasteiger partial charge is 0.265 e. The van der Waals surface area contributed by atoms with E-state index in [9.17, 15) is 4.79 Å². The summed E-state index contributed by atoms with van der Waals surface area (Å²) in [4.78, 5) is 15.3. The number of benzene rings is 1. The fourth-order valence-electron chi connectivity index (χ4n) is 2.84. The Kier molecular flexibility index (Phi) is 6.35. The third-order valence-corrected chi connectivity index (χ3v) is 4.87. The third kappa shape index (κ3) is 4.28. The van der Waals surface area contributed by atoms with Crippen LogP contribution in [0.25, 0.3) is 0 Å².